The van der Waals surface area contributed by atoms with E-state index in [0.717, 1.165) is 26.7 Å². The van der Waals surface area contributed by atoms with Crippen molar-refractivity contribution in [2.45, 2.75) is 25.7 Å². The Morgan fingerprint density at radius 1 is 0.906 bits per heavy atom. The quantitative estimate of drug-likeness (QED) is 0.498. The summed E-state index contributed by atoms with van der Waals surface area (Å²) >= 11 is 0. The molecule has 6 nitrogen and oxygen atoms in total. The molecule has 32 heavy (non-hydrogen) atoms. The number of benzene rings is 3. The predicted molar refractivity (Wildman–Crippen MR) is 127 cm³/mol. The van der Waals surface area contributed by atoms with Gasteiger partial charge in [-0.2, -0.15) is 0 Å². The Balaban J connectivity index is 1.69. The van der Waals surface area contributed by atoms with Crippen LogP contribution in [0.5, 0.6) is 5.75 Å². The first kappa shape index (κ1) is 23.3. The van der Waals surface area contributed by atoms with Gasteiger partial charge < -0.3 is 10.1 Å². The third-order valence-corrected chi connectivity index (χ3v) is 6.72. The molecule has 0 aliphatic heterocycles. The zero-order valence-corrected chi connectivity index (χ0v) is 19.4. The van der Waals surface area contributed by atoms with E-state index >= 15 is 0 Å². The van der Waals surface area contributed by atoms with Crippen LogP contribution in [-0.4, -0.2) is 34.0 Å². The van der Waals surface area contributed by atoms with E-state index in [9.17, 15) is 13.2 Å². The molecule has 0 unspecified atom stereocenters. The first-order valence-corrected chi connectivity index (χ1v) is 11.8. The summed E-state index contributed by atoms with van der Waals surface area (Å²) in [7, 11) is -3.91. The highest BCUT2D eigenvalue weighted by atomic mass is 32.2. The molecule has 0 heterocycles. The maximum absolute atomic E-state index is 13.3. The zero-order chi connectivity index (χ0) is 23.1. The van der Waals surface area contributed by atoms with E-state index in [2.05, 4.69) is 5.32 Å². The Bertz CT molecular complexity index is 1180. The van der Waals surface area contributed by atoms with Crippen molar-refractivity contribution in [1.82, 2.24) is 5.32 Å². The van der Waals surface area contributed by atoms with Gasteiger partial charge in [0.25, 0.3) is 10.0 Å². The van der Waals surface area contributed by atoms with Crippen molar-refractivity contribution in [3.63, 3.8) is 0 Å². The number of ether oxygens (including phenoxy) is 1. The lowest BCUT2D eigenvalue weighted by Crippen LogP contribution is -2.42. The topological polar surface area (TPSA) is 75.7 Å². The number of anilines is 1. The van der Waals surface area contributed by atoms with E-state index in [1.807, 2.05) is 45.0 Å². The van der Waals surface area contributed by atoms with Gasteiger partial charge in [-0.05, 0) is 67.8 Å². The monoisotopic (exact) mass is 452 g/mol. The molecule has 0 bridgehead atoms. The number of carbonyl (C=O) groups excluding carboxylic acids is 1. The van der Waals surface area contributed by atoms with Crippen LogP contribution in [0, 0.1) is 20.8 Å². The summed E-state index contributed by atoms with van der Waals surface area (Å²) in [5, 5.41) is 2.76. The number of aryl methyl sites for hydroxylation is 3. The van der Waals surface area contributed by atoms with Crippen LogP contribution in [0.15, 0.2) is 77.7 Å². The molecule has 3 aromatic rings. The molecule has 0 aromatic heterocycles. The lowest BCUT2D eigenvalue weighted by Gasteiger charge is -2.24. The fourth-order valence-corrected chi connectivity index (χ4v) is 4.65. The second-order valence-electron chi connectivity index (χ2n) is 7.63. The standard InChI is InChI=1S/C25H28N2O4S/c1-19-8-7-9-22(16-19)27(32(29,30)23-10-5-4-6-11-23)18-25(28)26-14-15-31-24-17-20(2)12-13-21(24)3/h4-13,16-17H,14-15,18H2,1-3H3,(H,26,28). The minimum Gasteiger partial charge on any atom is -0.491 e. The summed E-state index contributed by atoms with van der Waals surface area (Å²) in [6, 6.07) is 21.1. The highest BCUT2D eigenvalue weighted by Gasteiger charge is 2.27. The van der Waals surface area contributed by atoms with Gasteiger partial charge in [0, 0.05) is 0 Å². The van der Waals surface area contributed by atoms with Crippen LogP contribution in [0.4, 0.5) is 5.69 Å². The normalized spacial score (nSPS) is 11.1. The Labute approximate surface area is 189 Å². The second-order valence-corrected chi connectivity index (χ2v) is 9.49. The third kappa shape index (κ3) is 5.88. The lowest BCUT2D eigenvalue weighted by atomic mass is 10.1. The van der Waals surface area contributed by atoms with Gasteiger partial charge in [0.15, 0.2) is 0 Å². The Morgan fingerprint density at radius 2 is 1.62 bits per heavy atom. The molecule has 3 aromatic carbocycles. The minimum atomic E-state index is -3.91. The maximum atomic E-state index is 13.3. The number of sulfonamides is 1. The number of hydrogen-bond donors (Lipinski definition) is 1. The molecule has 0 spiro atoms. The molecule has 0 aliphatic carbocycles. The van der Waals surface area contributed by atoms with Gasteiger partial charge in [0.05, 0.1) is 17.1 Å². The Morgan fingerprint density at radius 3 is 2.34 bits per heavy atom. The number of amides is 1. The average Bonchev–Trinajstić information content (AvgIpc) is 2.77. The van der Waals surface area contributed by atoms with Crippen LogP contribution in [0.2, 0.25) is 0 Å². The molecule has 0 atom stereocenters. The van der Waals surface area contributed by atoms with E-state index in [-0.39, 0.29) is 24.6 Å². The van der Waals surface area contributed by atoms with E-state index in [4.69, 9.17) is 4.74 Å². The molecule has 1 amide bonds. The summed E-state index contributed by atoms with van der Waals surface area (Å²) in [5.41, 5.74) is 3.45. The summed E-state index contributed by atoms with van der Waals surface area (Å²) in [6.45, 7) is 6.04. The predicted octanol–water partition coefficient (Wildman–Crippen LogP) is 4.00. The maximum Gasteiger partial charge on any atom is 0.264 e. The fourth-order valence-electron chi connectivity index (χ4n) is 3.22. The van der Waals surface area contributed by atoms with Crippen LogP contribution in [0.3, 0.4) is 0 Å². The number of carbonyl (C=O) groups is 1. The molecule has 0 fully saturated rings. The Kier molecular flexibility index (Phi) is 7.53. The van der Waals surface area contributed by atoms with Crippen LogP contribution < -0.4 is 14.4 Å². The minimum absolute atomic E-state index is 0.132. The summed E-state index contributed by atoms with van der Waals surface area (Å²) < 4.78 is 33.5. The van der Waals surface area contributed by atoms with Crippen molar-refractivity contribution < 1.29 is 17.9 Å². The van der Waals surface area contributed by atoms with Crippen molar-refractivity contribution in [2.24, 2.45) is 0 Å². The summed E-state index contributed by atoms with van der Waals surface area (Å²) in [6.07, 6.45) is 0. The molecular formula is C25H28N2O4S. The van der Waals surface area contributed by atoms with Crippen molar-refractivity contribution in [3.8, 4) is 5.75 Å². The number of hydrogen-bond acceptors (Lipinski definition) is 4. The molecule has 0 saturated carbocycles. The third-order valence-electron chi connectivity index (χ3n) is 4.93. The fraction of sp³-hybridized carbons (Fsp3) is 0.240. The lowest BCUT2D eigenvalue weighted by molar-refractivity contribution is -0.119. The zero-order valence-electron chi connectivity index (χ0n) is 18.5. The molecule has 0 saturated heterocycles. The van der Waals surface area contributed by atoms with Gasteiger partial charge in [0.2, 0.25) is 5.91 Å². The average molecular weight is 453 g/mol. The summed E-state index contributed by atoms with van der Waals surface area (Å²) in [4.78, 5) is 12.8. The molecule has 0 aliphatic rings. The van der Waals surface area contributed by atoms with Crippen molar-refractivity contribution in [3.05, 3.63) is 89.5 Å². The second kappa shape index (κ2) is 10.3. The molecule has 168 valence electrons. The van der Waals surface area contributed by atoms with Gasteiger partial charge in [-0.15, -0.1) is 0 Å². The van der Waals surface area contributed by atoms with Crippen LogP contribution in [-0.2, 0) is 14.8 Å². The van der Waals surface area contributed by atoms with E-state index in [1.54, 1.807) is 36.4 Å². The number of nitrogens with one attached hydrogen (secondary N) is 1. The van der Waals surface area contributed by atoms with Gasteiger partial charge in [-0.3, -0.25) is 9.10 Å². The first-order valence-electron chi connectivity index (χ1n) is 10.4. The van der Waals surface area contributed by atoms with E-state index < -0.39 is 15.9 Å². The van der Waals surface area contributed by atoms with E-state index in [0.29, 0.717) is 5.69 Å². The van der Waals surface area contributed by atoms with Crippen molar-refractivity contribution in [1.29, 1.82) is 0 Å². The van der Waals surface area contributed by atoms with Crippen molar-refractivity contribution in [2.75, 3.05) is 24.0 Å². The number of nitrogens with zero attached hydrogens (tertiary/aromatic N) is 1. The van der Waals surface area contributed by atoms with Gasteiger partial charge >= 0.3 is 0 Å². The molecule has 7 heteroatoms. The van der Waals surface area contributed by atoms with Crippen LogP contribution in [0.1, 0.15) is 16.7 Å². The van der Waals surface area contributed by atoms with Crippen molar-refractivity contribution >= 4 is 21.6 Å². The molecule has 1 N–H and O–H groups in total. The Hall–Kier alpha value is -3.32. The SMILES string of the molecule is Cc1cccc(N(CC(=O)NCCOc2cc(C)ccc2C)S(=O)(=O)c2ccccc2)c1. The molecule has 3 rings (SSSR count). The van der Waals surface area contributed by atoms with Gasteiger partial charge in [0.1, 0.15) is 18.9 Å². The van der Waals surface area contributed by atoms with Gasteiger partial charge in [-0.1, -0.05) is 42.5 Å². The molecule has 0 radical (unpaired) electrons. The largest absolute Gasteiger partial charge is 0.491 e. The molecular weight excluding hydrogens is 424 g/mol. The van der Waals surface area contributed by atoms with Crippen LogP contribution >= 0.6 is 0 Å². The first-order chi connectivity index (χ1) is 15.3. The van der Waals surface area contributed by atoms with E-state index in [1.165, 1.54) is 12.1 Å². The smallest absolute Gasteiger partial charge is 0.264 e. The highest BCUT2D eigenvalue weighted by Crippen LogP contribution is 2.24. The highest BCUT2D eigenvalue weighted by molar-refractivity contribution is 7.92. The van der Waals surface area contributed by atoms with Crippen LogP contribution in [0.25, 0.3) is 0 Å². The van der Waals surface area contributed by atoms with Gasteiger partial charge in [-0.25, -0.2) is 8.42 Å². The summed E-state index contributed by atoms with van der Waals surface area (Å²) in [5.74, 6) is 0.364. The number of rotatable bonds is 9.